The number of hydrogen-bond donors (Lipinski definition) is 1. The molecule has 0 spiro atoms. The molecule has 1 aliphatic carbocycles. The zero-order chi connectivity index (χ0) is 12.2. The van der Waals surface area contributed by atoms with Crippen molar-refractivity contribution in [2.24, 2.45) is 0 Å². The molecule has 0 bridgehead atoms. The van der Waals surface area contributed by atoms with Crippen molar-refractivity contribution in [1.82, 2.24) is 5.32 Å². The van der Waals surface area contributed by atoms with Crippen LogP contribution in [0.25, 0.3) is 0 Å². The normalized spacial score (nSPS) is 19.8. The van der Waals surface area contributed by atoms with Crippen LogP contribution in [0.2, 0.25) is 0 Å². The predicted molar refractivity (Wildman–Crippen MR) is 68.8 cm³/mol. The number of carbonyl (C=O) groups is 1. The maximum atomic E-state index is 11.8. The minimum absolute atomic E-state index is 0.00345. The second-order valence-electron chi connectivity index (χ2n) is 5.57. The van der Waals surface area contributed by atoms with Crippen LogP contribution in [0.1, 0.15) is 46.5 Å². The van der Waals surface area contributed by atoms with Crippen LogP contribution in [-0.4, -0.2) is 29.0 Å². The van der Waals surface area contributed by atoms with Crippen molar-refractivity contribution in [3.8, 4) is 0 Å². The molecule has 1 N–H and O–H groups in total. The van der Waals surface area contributed by atoms with E-state index in [0.717, 1.165) is 18.2 Å². The summed E-state index contributed by atoms with van der Waals surface area (Å²) in [5, 5.41) is 3.94. The number of hydrogen-bond acceptors (Lipinski definition) is 2. The number of alkyl halides is 1. The van der Waals surface area contributed by atoms with E-state index in [1.54, 1.807) is 0 Å². The van der Waals surface area contributed by atoms with Crippen LogP contribution >= 0.6 is 15.9 Å². The lowest BCUT2D eigenvalue weighted by Gasteiger charge is -2.29. The summed E-state index contributed by atoms with van der Waals surface area (Å²) in [6.45, 7) is 6.01. The Morgan fingerprint density at radius 1 is 1.38 bits per heavy atom. The van der Waals surface area contributed by atoms with Gasteiger partial charge in [0.15, 0.2) is 0 Å². The van der Waals surface area contributed by atoms with Gasteiger partial charge < -0.3 is 10.1 Å². The van der Waals surface area contributed by atoms with Crippen LogP contribution in [0.4, 0.5) is 0 Å². The van der Waals surface area contributed by atoms with Gasteiger partial charge in [0.1, 0.15) is 6.61 Å². The average Bonchev–Trinajstić information content (AvgIpc) is 2.63. The molecular weight excluding hydrogens is 270 g/mol. The Morgan fingerprint density at radius 2 is 1.94 bits per heavy atom. The standard InChI is InChI=1S/C12H22BrNO2/c1-11(2,3)16-8-10(15)14-12(9-13)6-4-5-7-12/h4-9H2,1-3H3,(H,14,15). The summed E-state index contributed by atoms with van der Waals surface area (Å²) in [4.78, 5) is 11.8. The molecule has 0 unspecified atom stereocenters. The molecule has 94 valence electrons. The van der Waals surface area contributed by atoms with Gasteiger partial charge in [-0.2, -0.15) is 0 Å². The number of ether oxygens (including phenoxy) is 1. The van der Waals surface area contributed by atoms with Gasteiger partial charge >= 0.3 is 0 Å². The van der Waals surface area contributed by atoms with Crippen molar-refractivity contribution in [2.75, 3.05) is 11.9 Å². The van der Waals surface area contributed by atoms with Crippen LogP contribution in [0, 0.1) is 0 Å². The lowest BCUT2D eigenvalue weighted by atomic mass is 10.0. The van der Waals surface area contributed by atoms with E-state index >= 15 is 0 Å². The first-order chi connectivity index (χ1) is 7.37. The number of halogens is 1. The summed E-state index contributed by atoms with van der Waals surface area (Å²) in [6, 6.07) is 0. The van der Waals surface area contributed by atoms with E-state index in [-0.39, 0.29) is 23.7 Å². The SMILES string of the molecule is CC(C)(C)OCC(=O)NC1(CBr)CCCC1. The fraction of sp³-hybridized carbons (Fsp3) is 0.917. The van der Waals surface area contributed by atoms with E-state index in [0.29, 0.717) is 0 Å². The van der Waals surface area contributed by atoms with Gasteiger partial charge in [0.25, 0.3) is 0 Å². The van der Waals surface area contributed by atoms with Crippen molar-refractivity contribution in [3.63, 3.8) is 0 Å². The smallest absolute Gasteiger partial charge is 0.246 e. The number of nitrogens with one attached hydrogen (secondary N) is 1. The van der Waals surface area contributed by atoms with Gasteiger partial charge in [-0.1, -0.05) is 28.8 Å². The minimum Gasteiger partial charge on any atom is -0.366 e. The molecule has 0 aromatic carbocycles. The maximum Gasteiger partial charge on any atom is 0.246 e. The Hall–Kier alpha value is -0.0900. The zero-order valence-electron chi connectivity index (χ0n) is 10.4. The van der Waals surface area contributed by atoms with E-state index in [4.69, 9.17) is 4.74 Å². The number of rotatable bonds is 4. The Kier molecular flexibility index (Phi) is 4.80. The summed E-state index contributed by atoms with van der Waals surface area (Å²) < 4.78 is 5.46. The van der Waals surface area contributed by atoms with Crippen LogP contribution < -0.4 is 5.32 Å². The summed E-state index contributed by atoms with van der Waals surface area (Å²) in [6.07, 6.45) is 4.54. The van der Waals surface area contributed by atoms with Crippen molar-refractivity contribution in [1.29, 1.82) is 0 Å². The highest BCUT2D eigenvalue weighted by atomic mass is 79.9. The van der Waals surface area contributed by atoms with Crippen molar-refractivity contribution in [2.45, 2.75) is 57.6 Å². The second kappa shape index (κ2) is 5.50. The third kappa shape index (κ3) is 4.42. The molecule has 0 heterocycles. The molecular formula is C12H22BrNO2. The fourth-order valence-corrected chi connectivity index (χ4v) is 2.66. The van der Waals surface area contributed by atoms with Crippen LogP contribution in [0.3, 0.4) is 0 Å². The van der Waals surface area contributed by atoms with E-state index in [2.05, 4.69) is 21.2 Å². The summed E-state index contributed by atoms with van der Waals surface area (Å²) in [7, 11) is 0. The molecule has 1 amide bonds. The Bertz CT molecular complexity index is 242. The molecule has 1 aliphatic rings. The van der Waals surface area contributed by atoms with Crippen molar-refractivity contribution in [3.05, 3.63) is 0 Å². The highest BCUT2D eigenvalue weighted by Crippen LogP contribution is 2.31. The Morgan fingerprint density at radius 3 is 2.38 bits per heavy atom. The van der Waals surface area contributed by atoms with Gasteiger partial charge in [-0.15, -0.1) is 0 Å². The monoisotopic (exact) mass is 291 g/mol. The second-order valence-corrected chi connectivity index (χ2v) is 6.13. The summed E-state index contributed by atoms with van der Waals surface area (Å²) in [5.74, 6) is -0.00345. The van der Waals surface area contributed by atoms with Gasteiger partial charge in [0.2, 0.25) is 5.91 Å². The van der Waals surface area contributed by atoms with E-state index in [9.17, 15) is 4.79 Å². The quantitative estimate of drug-likeness (QED) is 0.809. The molecule has 0 saturated heterocycles. The zero-order valence-corrected chi connectivity index (χ0v) is 12.0. The number of amides is 1. The molecule has 0 aliphatic heterocycles. The lowest BCUT2D eigenvalue weighted by Crippen LogP contribution is -2.49. The molecule has 0 aromatic rings. The predicted octanol–water partition coefficient (Wildman–Crippen LogP) is 2.63. The van der Waals surface area contributed by atoms with Gasteiger partial charge in [-0.25, -0.2) is 0 Å². The highest BCUT2D eigenvalue weighted by molar-refractivity contribution is 9.09. The highest BCUT2D eigenvalue weighted by Gasteiger charge is 2.34. The average molecular weight is 292 g/mol. The summed E-state index contributed by atoms with van der Waals surface area (Å²) >= 11 is 3.50. The molecule has 1 rings (SSSR count). The fourth-order valence-electron chi connectivity index (χ4n) is 1.96. The first-order valence-electron chi connectivity index (χ1n) is 5.88. The molecule has 0 aromatic heterocycles. The van der Waals surface area contributed by atoms with Crippen LogP contribution in [0.5, 0.6) is 0 Å². The van der Waals surface area contributed by atoms with Crippen LogP contribution in [-0.2, 0) is 9.53 Å². The number of carbonyl (C=O) groups excluding carboxylic acids is 1. The largest absolute Gasteiger partial charge is 0.366 e. The molecule has 1 saturated carbocycles. The summed E-state index contributed by atoms with van der Waals surface area (Å²) in [5.41, 5.74) is -0.285. The van der Waals surface area contributed by atoms with Crippen molar-refractivity contribution >= 4 is 21.8 Å². The van der Waals surface area contributed by atoms with Gasteiger partial charge in [-0.3, -0.25) is 4.79 Å². The van der Waals surface area contributed by atoms with Gasteiger partial charge in [-0.05, 0) is 33.6 Å². The first kappa shape index (κ1) is 14.0. The first-order valence-corrected chi connectivity index (χ1v) is 7.00. The van der Waals surface area contributed by atoms with E-state index in [1.807, 2.05) is 20.8 Å². The van der Waals surface area contributed by atoms with E-state index < -0.39 is 0 Å². The third-order valence-corrected chi connectivity index (χ3v) is 3.93. The topological polar surface area (TPSA) is 38.3 Å². The molecule has 1 fully saturated rings. The minimum atomic E-state index is -0.255. The Labute approximate surface area is 106 Å². The Balaban J connectivity index is 2.38. The van der Waals surface area contributed by atoms with Crippen molar-refractivity contribution < 1.29 is 9.53 Å². The third-order valence-electron chi connectivity index (χ3n) is 2.86. The molecule has 0 radical (unpaired) electrons. The molecule has 0 atom stereocenters. The van der Waals surface area contributed by atoms with Crippen LogP contribution in [0.15, 0.2) is 0 Å². The molecule has 3 nitrogen and oxygen atoms in total. The van der Waals surface area contributed by atoms with Gasteiger partial charge in [0, 0.05) is 10.9 Å². The molecule has 16 heavy (non-hydrogen) atoms. The van der Waals surface area contributed by atoms with E-state index in [1.165, 1.54) is 12.8 Å². The maximum absolute atomic E-state index is 11.8. The molecule has 4 heteroatoms. The lowest BCUT2D eigenvalue weighted by molar-refractivity contribution is -0.132. The van der Waals surface area contributed by atoms with Gasteiger partial charge in [0.05, 0.1) is 5.60 Å².